The Labute approximate surface area is 222 Å². The van der Waals surface area contributed by atoms with Crippen LogP contribution in [0.15, 0.2) is 24.3 Å². The van der Waals surface area contributed by atoms with E-state index < -0.39 is 29.3 Å². The Morgan fingerprint density at radius 1 is 1.08 bits per heavy atom. The Morgan fingerprint density at radius 3 is 2.25 bits per heavy atom. The molecule has 8 heteroatoms. The Kier molecular flexibility index (Phi) is 12.8. The number of thioether (sulfide) groups is 1. The minimum absolute atomic E-state index is 0.214. The lowest BCUT2D eigenvalue weighted by Gasteiger charge is -2.45. The molecule has 0 aliphatic rings. The molecule has 1 rings (SSSR count). The Hall–Kier alpha value is -2.22. The van der Waals surface area contributed by atoms with Crippen LogP contribution >= 0.6 is 11.8 Å². The summed E-state index contributed by atoms with van der Waals surface area (Å²) in [5.74, 6) is 0.166. The molecule has 2 unspecified atom stereocenters. The van der Waals surface area contributed by atoms with E-state index in [-0.39, 0.29) is 11.8 Å². The van der Waals surface area contributed by atoms with Gasteiger partial charge in [0.05, 0.1) is 0 Å². The van der Waals surface area contributed by atoms with Crippen molar-refractivity contribution < 1.29 is 19.1 Å². The quantitative estimate of drug-likeness (QED) is 0.329. The van der Waals surface area contributed by atoms with Crippen LogP contribution in [0.4, 0.5) is 4.79 Å². The molecule has 36 heavy (non-hydrogen) atoms. The molecule has 2 N–H and O–H groups in total. The molecule has 3 amide bonds. The molecule has 0 saturated carbocycles. The van der Waals surface area contributed by atoms with Crippen LogP contribution < -0.4 is 10.6 Å². The summed E-state index contributed by atoms with van der Waals surface area (Å²) in [6, 6.07) is 6.01. The van der Waals surface area contributed by atoms with Gasteiger partial charge in [0.2, 0.25) is 11.8 Å². The standard InChI is InChI=1S/C28H47N3O4S/c1-10-12-18-29-24(32)23(21-16-14-13-15-20(21)3)31(28(7,8)11-2)25(33)22(17-19-36-9)30-26(34)35-27(4,5)6/h13-16,22-23H,10-12,17-19H2,1-9H3,(H,29,32)(H,30,34). The monoisotopic (exact) mass is 521 g/mol. The summed E-state index contributed by atoms with van der Waals surface area (Å²) in [6.07, 6.45) is 4.18. The molecule has 0 aromatic heterocycles. The maximum Gasteiger partial charge on any atom is 0.408 e. The number of aryl methyl sites for hydroxylation is 1. The van der Waals surface area contributed by atoms with Crippen LogP contribution in [0.5, 0.6) is 0 Å². The highest BCUT2D eigenvalue weighted by Crippen LogP contribution is 2.34. The lowest BCUT2D eigenvalue weighted by Crippen LogP contribution is -2.59. The molecule has 0 heterocycles. The number of ether oxygens (including phenoxy) is 1. The number of nitrogens with one attached hydrogen (secondary N) is 2. The highest BCUT2D eigenvalue weighted by molar-refractivity contribution is 7.98. The van der Waals surface area contributed by atoms with Crippen molar-refractivity contribution in [3.05, 3.63) is 35.4 Å². The van der Waals surface area contributed by atoms with Crippen molar-refractivity contribution in [2.24, 2.45) is 0 Å². The Balaban J connectivity index is 3.57. The van der Waals surface area contributed by atoms with Crippen molar-refractivity contribution in [2.75, 3.05) is 18.6 Å². The SMILES string of the molecule is CCCCNC(=O)C(c1ccccc1C)N(C(=O)C(CCSC)NC(=O)OC(C)(C)C)C(C)(C)CC. The van der Waals surface area contributed by atoms with Crippen LogP contribution in [0.3, 0.4) is 0 Å². The fourth-order valence-corrected chi connectivity index (χ4v) is 4.30. The van der Waals surface area contributed by atoms with Gasteiger partial charge in [-0.15, -0.1) is 0 Å². The van der Waals surface area contributed by atoms with Gasteiger partial charge in [-0.2, -0.15) is 11.8 Å². The molecule has 0 saturated heterocycles. The third kappa shape index (κ3) is 9.68. The first-order valence-electron chi connectivity index (χ1n) is 12.9. The van der Waals surface area contributed by atoms with Gasteiger partial charge in [0, 0.05) is 12.1 Å². The average Bonchev–Trinajstić information content (AvgIpc) is 2.79. The number of nitrogens with zero attached hydrogens (tertiary/aromatic N) is 1. The number of alkyl carbamates (subject to hydrolysis) is 1. The van der Waals surface area contributed by atoms with E-state index in [1.165, 1.54) is 0 Å². The number of amides is 3. The van der Waals surface area contributed by atoms with Gasteiger partial charge in [-0.25, -0.2) is 4.79 Å². The van der Waals surface area contributed by atoms with Crippen LogP contribution in [-0.2, 0) is 14.3 Å². The van der Waals surface area contributed by atoms with E-state index in [1.54, 1.807) is 37.4 Å². The second kappa shape index (κ2) is 14.5. The van der Waals surface area contributed by atoms with Crippen LogP contribution in [-0.4, -0.2) is 58.5 Å². The smallest absolute Gasteiger partial charge is 0.408 e. The summed E-state index contributed by atoms with van der Waals surface area (Å²) < 4.78 is 5.46. The number of hydrogen-bond donors (Lipinski definition) is 2. The van der Waals surface area contributed by atoms with Gasteiger partial charge in [-0.1, -0.05) is 44.5 Å². The van der Waals surface area contributed by atoms with Gasteiger partial charge in [0.1, 0.15) is 17.7 Å². The molecular weight excluding hydrogens is 474 g/mol. The molecule has 1 aromatic rings. The number of unbranched alkanes of at least 4 members (excludes halogenated alkanes) is 1. The van der Waals surface area contributed by atoms with E-state index in [1.807, 2.05) is 58.2 Å². The lowest BCUT2D eigenvalue weighted by atomic mass is 9.90. The molecule has 2 atom stereocenters. The van der Waals surface area contributed by atoms with Crippen LogP contribution in [0.2, 0.25) is 0 Å². The van der Waals surface area contributed by atoms with Gasteiger partial charge in [-0.3, -0.25) is 9.59 Å². The predicted octanol–water partition coefficient (Wildman–Crippen LogP) is 5.62. The fourth-order valence-electron chi connectivity index (χ4n) is 3.83. The minimum Gasteiger partial charge on any atom is -0.444 e. The normalized spacial score (nSPS) is 13.5. The zero-order valence-electron chi connectivity index (χ0n) is 23.7. The molecule has 204 valence electrons. The second-order valence-corrected chi connectivity index (χ2v) is 11.7. The molecule has 0 aliphatic heterocycles. The number of carbonyl (C=O) groups excluding carboxylic acids is 3. The van der Waals surface area contributed by atoms with E-state index in [2.05, 4.69) is 17.6 Å². The topological polar surface area (TPSA) is 87.7 Å². The van der Waals surface area contributed by atoms with Crippen LogP contribution in [0.1, 0.15) is 91.3 Å². The third-order valence-corrected chi connectivity index (χ3v) is 6.82. The molecule has 1 aromatic carbocycles. The van der Waals surface area contributed by atoms with Gasteiger partial charge in [-0.05, 0) is 83.9 Å². The largest absolute Gasteiger partial charge is 0.444 e. The van der Waals surface area contributed by atoms with Gasteiger partial charge in [0.25, 0.3) is 0 Å². The highest BCUT2D eigenvalue weighted by Gasteiger charge is 2.43. The molecule has 7 nitrogen and oxygen atoms in total. The molecular formula is C28H47N3O4S. The predicted molar refractivity (Wildman–Crippen MR) is 149 cm³/mol. The Bertz CT molecular complexity index is 867. The van der Waals surface area contributed by atoms with Gasteiger partial charge < -0.3 is 20.3 Å². The van der Waals surface area contributed by atoms with Crippen molar-refractivity contribution in [1.82, 2.24) is 15.5 Å². The summed E-state index contributed by atoms with van der Waals surface area (Å²) in [5.41, 5.74) is 0.364. The summed E-state index contributed by atoms with van der Waals surface area (Å²) >= 11 is 1.60. The maximum atomic E-state index is 14.3. The van der Waals surface area contributed by atoms with Crippen molar-refractivity contribution in [3.8, 4) is 0 Å². The van der Waals surface area contributed by atoms with E-state index >= 15 is 0 Å². The number of benzene rings is 1. The lowest BCUT2D eigenvalue weighted by molar-refractivity contribution is -0.149. The van der Waals surface area contributed by atoms with Crippen molar-refractivity contribution in [1.29, 1.82) is 0 Å². The number of hydrogen-bond acceptors (Lipinski definition) is 5. The van der Waals surface area contributed by atoms with Crippen LogP contribution in [0.25, 0.3) is 0 Å². The summed E-state index contributed by atoms with van der Waals surface area (Å²) in [6.45, 7) is 15.9. The minimum atomic E-state index is -0.831. The van der Waals surface area contributed by atoms with E-state index in [0.29, 0.717) is 25.1 Å². The molecule has 0 spiro atoms. The maximum absolute atomic E-state index is 14.3. The zero-order valence-corrected chi connectivity index (χ0v) is 24.5. The third-order valence-electron chi connectivity index (χ3n) is 6.17. The van der Waals surface area contributed by atoms with Gasteiger partial charge in [0.15, 0.2) is 0 Å². The Morgan fingerprint density at radius 2 is 1.72 bits per heavy atom. The molecule has 0 aliphatic carbocycles. The highest BCUT2D eigenvalue weighted by atomic mass is 32.2. The second-order valence-electron chi connectivity index (χ2n) is 10.8. The first kappa shape index (κ1) is 31.8. The fraction of sp³-hybridized carbons (Fsp3) is 0.679. The van der Waals surface area contributed by atoms with Crippen molar-refractivity contribution in [3.63, 3.8) is 0 Å². The molecule has 0 radical (unpaired) electrons. The van der Waals surface area contributed by atoms with E-state index in [0.717, 1.165) is 24.0 Å². The van der Waals surface area contributed by atoms with Gasteiger partial charge >= 0.3 is 6.09 Å². The first-order chi connectivity index (χ1) is 16.8. The summed E-state index contributed by atoms with van der Waals surface area (Å²) in [5, 5.41) is 5.85. The van der Waals surface area contributed by atoms with E-state index in [9.17, 15) is 14.4 Å². The van der Waals surface area contributed by atoms with Crippen LogP contribution in [0, 0.1) is 6.92 Å². The molecule has 0 bridgehead atoms. The average molecular weight is 522 g/mol. The number of rotatable bonds is 13. The number of carbonyl (C=O) groups is 3. The van der Waals surface area contributed by atoms with Crippen molar-refractivity contribution >= 4 is 29.7 Å². The first-order valence-corrected chi connectivity index (χ1v) is 14.3. The summed E-state index contributed by atoms with van der Waals surface area (Å²) in [4.78, 5) is 42.4. The summed E-state index contributed by atoms with van der Waals surface area (Å²) in [7, 11) is 0. The van der Waals surface area contributed by atoms with Crippen molar-refractivity contribution in [2.45, 2.75) is 104 Å². The van der Waals surface area contributed by atoms with E-state index in [4.69, 9.17) is 4.74 Å². The molecule has 0 fully saturated rings. The zero-order chi connectivity index (χ0) is 27.5.